The van der Waals surface area contributed by atoms with E-state index < -0.39 is 0 Å². The molecule has 120 valence electrons. The molecule has 0 saturated heterocycles. The van der Waals surface area contributed by atoms with E-state index in [-0.39, 0.29) is 5.91 Å². The first kappa shape index (κ1) is 16.4. The minimum atomic E-state index is -0.210. The fourth-order valence-electron chi connectivity index (χ4n) is 2.22. The van der Waals surface area contributed by atoms with Gasteiger partial charge in [-0.2, -0.15) is 5.26 Å². The van der Waals surface area contributed by atoms with E-state index in [1.165, 1.54) is 11.3 Å². The molecule has 0 unspecified atom stereocenters. The number of thiophene rings is 1. The number of thiazole rings is 1. The highest BCUT2D eigenvalue weighted by atomic mass is 32.1. The molecular formula is C18H15N3OS2. The first-order chi connectivity index (χ1) is 11.6. The normalized spacial score (nSPS) is 10.4. The van der Waals surface area contributed by atoms with Gasteiger partial charge in [0, 0.05) is 27.1 Å². The Kier molecular flexibility index (Phi) is 4.74. The van der Waals surface area contributed by atoms with Gasteiger partial charge < -0.3 is 5.32 Å². The maximum absolute atomic E-state index is 12.4. The first-order valence-electron chi connectivity index (χ1n) is 7.47. The molecule has 0 aliphatic carbocycles. The summed E-state index contributed by atoms with van der Waals surface area (Å²) < 4.78 is 0. The smallest absolute Gasteiger partial charge is 0.256 e. The molecule has 4 nitrogen and oxygen atoms in total. The summed E-state index contributed by atoms with van der Waals surface area (Å²) in [4.78, 5) is 17.9. The third kappa shape index (κ3) is 3.37. The Morgan fingerprint density at radius 2 is 2.08 bits per heavy atom. The number of aryl methyl sites for hydroxylation is 2. The van der Waals surface area contributed by atoms with Crippen LogP contribution in [-0.2, 0) is 6.42 Å². The molecule has 3 aromatic rings. The van der Waals surface area contributed by atoms with Crippen molar-refractivity contribution in [2.75, 3.05) is 5.32 Å². The first-order valence-corrected chi connectivity index (χ1v) is 9.17. The van der Waals surface area contributed by atoms with E-state index in [9.17, 15) is 10.1 Å². The largest absolute Gasteiger partial charge is 0.312 e. The summed E-state index contributed by atoms with van der Waals surface area (Å²) in [6.45, 7) is 3.98. The van der Waals surface area contributed by atoms with Gasteiger partial charge in [-0.05, 0) is 31.5 Å². The fraction of sp³-hybridized carbons (Fsp3) is 0.167. The Morgan fingerprint density at radius 3 is 2.67 bits per heavy atom. The Morgan fingerprint density at radius 1 is 1.33 bits per heavy atom. The number of benzene rings is 1. The number of hydrogen-bond acceptors (Lipinski definition) is 5. The van der Waals surface area contributed by atoms with Crippen LogP contribution in [-0.4, -0.2) is 10.9 Å². The van der Waals surface area contributed by atoms with E-state index in [2.05, 4.69) is 16.4 Å². The highest BCUT2D eigenvalue weighted by molar-refractivity contribution is 7.16. The van der Waals surface area contributed by atoms with Crippen molar-refractivity contribution in [3.8, 4) is 16.6 Å². The van der Waals surface area contributed by atoms with Crippen LogP contribution < -0.4 is 5.32 Å². The Balaban J connectivity index is 1.78. The van der Waals surface area contributed by atoms with E-state index in [0.29, 0.717) is 16.1 Å². The quantitative estimate of drug-likeness (QED) is 0.728. The number of hydrogen-bond donors (Lipinski definition) is 1. The fourth-order valence-corrected chi connectivity index (χ4v) is 3.96. The molecule has 1 aromatic carbocycles. The predicted molar refractivity (Wildman–Crippen MR) is 98.7 cm³/mol. The topological polar surface area (TPSA) is 65.8 Å². The van der Waals surface area contributed by atoms with Crippen LogP contribution in [0, 0.1) is 18.3 Å². The van der Waals surface area contributed by atoms with E-state index in [1.807, 2.05) is 37.4 Å². The van der Waals surface area contributed by atoms with E-state index in [4.69, 9.17) is 0 Å². The summed E-state index contributed by atoms with van der Waals surface area (Å²) >= 11 is 3.03. The van der Waals surface area contributed by atoms with Crippen molar-refractivity contribution in [3.05, 3.63) is 57.4 Å². The molecule has 6 heteroatoms. The predicted octanol–water partition coefficient (Wildman–Crippen LogP) is 4.87. The molecule has 0 bridgehead atoms. The number of nitrogens with one attached hydrogen (secondary N) is 1. The number of aromatic nitrogens is 1. The highest BCUT2D eigenvalue weighted by Gasteiger charge is 2.13. The Hall–Kier alpha value is -2.49. The summed E-state index contributed by atoms with van der Waals surface area (Å²) in [6.07, 6.45) is 0.844. The number of rotatable bonds is 4. The van der Waals surface area contributed by atoms with Crippen molar-refractivity contribution >= 4 is 33.6 Å². The van der Waals surface area contributed by atoms with Gasteiger partial charge in [0.25, 0.3) is 5.91 Å². The second-order valence-electron chi connectivity index (χ2n) is 5.25. The summed E-state index contributed by atoms with van der Waals surface area (Å²) in [6, 6.07) is 11.3. The van der Waals surface area contributed by atoms with Gasteiger partial charge in [-0.3, -0.25) is 4.79 Å². The zero-order chi connectivity index (χ0) is 17.1. The van der Waals surface area contributed by atoms with E-state index in [0.717, 1.165) is 27.6 Å². The average Bonchev–Trinajstić information content (AvgIpc) is 3.21. The molecule has 1 N–H and O–H groups in total. The van der Waals surface area contributed by atoms with Gasteiger partial charge in [0.15, 0.2) is 0 Å². The molecule has 0 spiro atoms. The van der Waals surface area contributed by atoms with Crippen LogP contribution in [0.25, 0.3) is 10.6 Å². The molecule has 0 fully saturated rings. The number of nitriles is 1. The maximum atomic E-state index is 12.4. The molecule has 2 heterocycles. The molecule has 0 saturated carbocycles. The number of nitrogens with zero attached hydrogens (tertiary/aromatic N) is 2. The van der Waals surface area contributed by atoms with Crippen LogP contribution in [0.4, 0.5) is 5.00 Å². The zero-order valence-corrected chi connectivity index (χ0v) is 14.9. The third-order valence-electron chi connectivity index (χ3n) is 3.49. The molecule has 2 aromatic heterocycles. The number of carbonyl (C=O) groups is 1. The molecule has 0 aliphatic heterocycles. The standard InChI is InChI=1S/C18H15N3OS2/c1-3-15-8-14(9-19)18(24-15)21-16(22)12-4-6-13(7-5-12)17-20-11(2)10-23-17/h4-8,10H,3H2,1-2H3,(H,21,22). The van der Waals surface area contributed by atoms with Gasteiger partial charge in [-0.25, -0.2) is 4.98 Å². The van der Waals surface area contributed by atoms with Gasteiger partial charge in [-0.15, -0.1) is 22.7 Å². The Labute approximate surface area is 148 Å². The number of amides is 1. The Bertz CT molecular complexity index is 917. The van der Waals surface area contributed by atoms with Crippen molar-refractivity contribution < 1.29 is 4.79 Å². The van der Waals surface area contributed by atoms with Gasteiger partial charge in [0.05, 0.1) is 5.56 Å². The lowest BCUT2D eigenvalue weighted by Crippen LogP contribution is -2.11. The summed E-state index contributed by atoms with van der Waals surface area (Å²) in [5.74, 6) is -0.210. The SMILES string of the molecule is CCc1cc(C#N)c(NC(=O)c2ccc(-c3nc(C)cs3)cc2)s1. The van der Waals surface area contributed by atoms with E-state index in [1.54, 1.807) is 23.5 Å². The molecule has 24 heavy (non-hydrogen) atoms. The van der Waals surface area contributed by atoms with Gasteiger partial charge >= 0.3 is 0 Å². The van der Waals surface area contributed by atoms with Crippen LogP contribution in [0.3, 0.4) is 0 Å². The van der Waals surface area contributed by atoms with Crippen LogP contribution in [0.5, 0.6) is 0 Å². The average molecular weight is 353 g/mol. The molecule has 1 amide bonds. The minimum Gasteiger partial charge on any atom is -0.312 e. The molecule has 3 rings (SSSR count). The van der Waals surface area contributed by atoms with Crippen LogP contribution in [0.2, 0.25) is 0 Å². The minimum absolute atomic E-state index is 0.210. The van der Waals surface area contributed by atoms with Gasteiger partial charge in [0.2, 0.25) is 0 Å². The van der Waals surface area contributed by atoms with Crippen molar-refractivity contribution in [2.45, 2.75) is 20.3 Å². The molecule has 0 atom stereocenters. The lowest BCUT2D eigenvalue weighted by atomic mass is 10.1. The third-order valence-corrected chi connectivity index (χ3v) is 5.70. The van der Waals surface area contributed by atoms with Crippen LogP contribution >= 0.6 is 22.7 Å². The second kappa shape index (κ2) is 6.95. The summed E-state index contributed by atoms with van der Waals surface area (Å²) in [7, 11) is 0. The number of carbonyl (C=O) groups excluding carboxylic acids is 1. The van der Waals surface area contributed by atoms with E-state index >= 15 is 0 Å². The van der Waals surface area contributed by atoms with Crippen molar-refractivity contribution in [1.29, 1.82) is 5.26 Å². The van der Waals surface area contributed by atoms with Crippen molar-refractivity contribution in [1.82, 2.24) is 4.98 Å². The van der Waals surface area contributed by atoms with Crippen LogP contribution in [0.1, 0.15) is 33.4 Å². The molecular weight excluding hydrogens is 338 g/mol. The monoisotopic (exact) mass is 353 g/mol. The van der Waals surface area contributed by atoms with Crippen molar-refractivity contribution in [2.24, 2.45) is 0 Å². The van der Waals surface area contributed by atoms with Crippen LogP contribution in [0.15, 0.2) is 35.7 Å². The molecule has 0 aliphatic rings. The highest BCUT2D eigenvalue weighted by Crippen LogP contribution is 2.29. The maximum Gasteiger partial charge on any atom is 0.256 e. The lowest BCUT2D eigenvalue weighted by molar-refractivity contribution is 0.102. The lowest BCUT2D eigenvalue weighted by Gasteiger charge is -2.04. The van der Waals surface area contributed by atoms with Crippen molar-refractivity contribution in [3.63, 3.8) is 0 Å². The summed E-state index contributed by atoms with van der Waals surface area (Å²) in [5.41, 5.74) is 3.06. The van der Waals surface area contributed by atoms with Gasteiger partial charge in [0.1, 0.15) is 16.1 Å². The van der Waals surface area contributed by atoms with Gasteiger partial charge in [-0.1, -0.05) is 19.1 Å². The zero-order valence-electron chi connectivity index (χ0n) is 13.3. The molecule has 0 radical (unpaired) electrons. The second-order valence-corrected chi connectivity index (χ2v) is 7.24. The summed E-state index contributed by atoms with van der Waals surface area (Å²) in [5, 5.41) is 15.6. The number of anilines is 1.